The molecule has 1 heterocycles. The Labute approximate surface area is 146 Å². The predicted octanol–water partition coefficient (Wildman–Crippen LogP) is 4.29. The number of imidazole rings is 1. The molecular formula is C18H32N2OSn. The van der Waals surface area contributed by atoms with Crippen LogP contribution in [0.4, 0.5) is 0 Å². The van der Waals surface area contributed by atoms with E-state index in [1.165, 1.54) is 61.5 Å². The third-order valence-electron chi connectivity index (χ3n) is 4.55. The standard InChI is InChI=1S/C13H27.C5H5N2O.Sn/c1-4-7-10-13(11-8-5-2)12-9-6-3;1-7-3-2-6-5(7)4-8;/h4-12H2,1-3H3;2,4H,1H3;. The van der Waals surface area contributed by atoms with Crippen LogP contribution in [0.15, 0.2) is 6.20 Å². The van der Waals surface area contributed by atoms with Crippen LogP contribution in [-0.4, -0.2) is 37.0 Å². The van der Waals surface area contributed by atoms with E-state index in [0.29, 0.717) is 9.26 Å². The second kappa shape index (κ2) is 10.5. The van der Waals surface area contributed by atoms with Crippen molar-refractivity contribution in [1.29, 1.82) is 0 Å². The van der Waals surface area contributed by atoms with Crippen LogP contribution in [0, 0.1) is 0 Å². The van der Waals surface area contributed by atoms with E-state index in [2.05, 4.69) is 30.3 Å². The van der Waals surface area contributed by atoms with Gasteiger partial charge in [-0.2, -0.15) is 0 Å². The van der Waals surface area contributed by atoms with Crippen LogP contribution in [0.1, 0.15) is 89.2 Å². The van der Waals surface area contributed by atoms with Crippen LogP contribution in [0.3, 0.4) is 0 Å². The second-order valence-electron chi connectivity index (χ2n) is 6.39. The zero-order valence-electron chi connectivity index (χ0n) is 14.8. The molecule has 0 spiro atoms. The molecular weight excluding hydrogens is 379 g/mol. The molecule has 0 saturated carbocycles. The average Bonchev–Trinajstić information content (AvgIpc) is 2.88. The van der Waals surface area contributed by atoms with E-state index in [0.717, 1.165) is 6.29 Å². The van der Waals surface area contributed by atoms with Gasteiger partial charge in [-0.15, -0.1) is 0 Å². The zero-order chi connectivity index (χ0) is 16.4. The molecule has 0 amide bonds. The Kier molecular flexibility index (Phi) is 9.37. The summed E-state index contributed by atoms with van der Waals surface area (Å²) in [6.07, 6.45) is 14.8. The van der Waals surface area contributed by atoms with Crippen molar-refractivity contribution in [1.82, 2.24) is 9.55 Å². The summed E-state index contributed by atoms with van der Waals surface area (Å²) in [6.45, 7) is 6.89. The summed E-state index contributed by atoms with van der Waals surface area (Å²) in [5.41, 5.74) is 0. The molecule has 4 heteroatoms. The SMILES string of the molecule is CCCC[C](CCCC)(CCCC)[Sn][c]1cnc(C=O)n1C. The Hall–Kier alpha value is -0.321. The van der Waals surface area contributed by atoms with Gasteiger partial charge in [0.25, 0.3) is 0 Å². The van der Waals surface area contributed by atoms with Crippen LogP contribution in [0.2, 0.25) is 3.43 Å². The molecule has 1 aromatic rings. The number of rotatable bonds is 12. The first kappa shape index (κ1) is 19.7. The van der Waals surface area contributed by atoms with E-state index in [1.54, 1.807) is 0 Å². The zero-order valence-corrected chi connectivity index (χ0v) is 17.7. The minimum absolute atomic E-state index is 0.555. The minimum atomic E-state index is -0.777. The van der Waals surface area contributed by atoms with E-state index >= 15 is 0 Å². The second-order valence-corrected chi connectivity index (χ2v) is 11.6. The molecule has 0 aromatic carbocycles. The molecule has 0 unspecified atom stereocenters. The van der Waals surface area contributed by atoms with Crippen molar-refractivity contribution < 1.29 is 4.79 Å². The molecule has 2 radical (unpaired) electrons. The van der Waals surface area contributed by atoms with Crippen molar-refractivity contribution in [2.75, 3.05) is 0 Å². The van der Waals surface area contributed by atoms with Gasteiger partial charge in [-0.3, -0.25) is 0 Å². The first-order valence-corrected chi connectivity index (χ1v) is 11.7. The van der Waals surface area contributed by atoms with E-state index in [4.69, 9.17) is 0 Å². The fourth-order valence-electron chi connectivity index (χ4n) is 3.03. The third-order valence-corrected chi connectivity index (χ3v) is 10.3. The van der Waals surface area contributed by atoms with Gasteiger partial charge in [-0.1, -0.05) is 0 Å². The molecule has 0 aliphatic carbocycles. The van der Waals surface area contributed by atoms with Gasteiger partial charge in [0.2, 0.25) is 0 Å². The normalized spacial score (nSPS) is 11.8. The van der Waals surface area contributed by atoms with Crippen LogP contribution in [0.5, 0.6) is 0 Å². The van der Waals surface area contributed by atoms with Gasteiger partial charge in [0.05, 0.1) is 0 Å². The van der Waals surface area contributed by atoms with Gasteiger partial charge in [0.15, 0.2) is 0 Å². The van der Waals surface area contributed by atoms with Gasteiger partial charge < -0.3 is 0 Å². The summed E-state index contributed by atoms with van der Waals surface area (Å²) >= 11 is -0.777. The quantitative estimate of drug-likeness (QED) is 0.380. The average molecular weight is 411 g/mol. The van der Waals surface area contributed by atoms with Gasteiger partial charge in [-0.05, 0) is 0 Å². The Morgan fingerprint density at radius 3 is 1.95 bits per heavy atom. The van der Waals surface area contributed by atoms with E-state index in [9.17, 15) is 4.79 Å². The molecule has 0 fully saturated rings. The Morgan fingerprint density at radius 1 is 1.09 bits per heavy atom. The van der Waals surface area contributed by atoms with Gasteiger partial charge >= 0.3 is 147 Å². The van der Waals surface area contributed by atoms with Crippen molar-refractivity contribution in [3.8, 4) is 0 Å². The molecule has 22 heavy (non-hydrogen) atoms. The Balaban J connectivity index is 2.97. The van der Waals surface area contributed by atoms with Crippen LogP contribution >= 0.6 is 0 Å². The van der Waals surface area contributed by atoms with E-state index in [1.807, 2.05) is 13.2 Å². The number of nitrogens with zero attached hydrogens (tertiary/aromatic N) is 2. The number of unbranched alkanes of at least 4 members (excludes halogenated alkanes) is 3. The van der Waals surface area contributed by atoms with Crippen molar-refractivity contribution in [2.45, 2.75) is 82.0 Å². The molecule has 0 bridgehead atoms. The molecule has 0 saturated heterocycles. The van der Waals surface area contributed by atoms with E-state index in [-0.39, 0.29) is 0 Å². The number of aromatic nitrogens is 2. The van der Waals surface area contributed by atoms with Gasteiger partial charge in [0.1, 0.15) is 0 Å². The fraction of sp³-hybridized carbons (Fsp3) is 0.778. The predicted molar refractivity (Wildman–Crippen MR) is 95.3 cm³/mol. The molecule has 124 valence electrons. The molecule has 0 aliphatic heterocycles. The molecule has 0 atom stereocenters. The topological polar surface area (TPSA) is 34.9 Å². The fourth-order valence-corrected chi connectivity index (χ4v) is 8.34. The monoisotopic (exact) mass is 412 g/mol. The third kappa shape index (κ3) is 5.71. The summed E-state index contributed by atoms with van der Waals surface area (Å²) in [5, 5.41) is 0. The summed E-state index contributed by atoms with van der Waals surface area (Å²) in [7, 11) is 2.01. The first-order valence-electron chi connectivity index (χ1n) is 8.87. The number of carbonyl (C=O) groups excluding carboxylic acids is 1. The molecule has 0 aliphatic rings. The van der Waals surface area contributed by atoms with Gasteiger partial charge in [0, 0.05) is 0 Å². The summed E-state index contributed by atoms with van der Waals surface area (Å²) < 4.78 is 3.99. The van der Waals surface area contributed by atoms with Crippen molar-refractivity contribution in [3.63, 3.8) is 0 Å². The molecule has 0 N–H and O–H groups in total. The van der Waals surface area contributed by atoms with Crippen LogP contribution < -0.4 is 3.71 Å². The number of hydrogen-bond acceptors (Lipinski definition) is 2. The Morgan fingerprint density at radius 2 is 1.59 bits per heavy atom. The molecule has 3 nitrogen and oxygen atoms in total. The van der Waals surface area contributed by atoms with Crippen LogP contribution in [0.25, 0.3) is 0 Å². The van der Waals surface area contributed by atoms with Crippen LogP contribution in [-0.2, 0) is 7.05 Å². The number of carbonyl (C=O) groups is 1. The molecule has 1 aromatic heterocycles. The Bertz CT molecular complexity index is 421. The van der Waals surface area contributed by atoms with Gasteiger partial charge in [-0.25, -0.2) is 0 Å². The van der Waals surface area contributed by atoms with Crippen molar-refractivity contribution in [3.05, 3.63) is 12.0 Å². The number of aldehydes is 1. The maximum atomic E-state index is 11.1. The van der Waals surface area contributed by atoms with Crippen molar-refractivity contribution in [2.24, 2.45) is 7.05 Å². The number of hydrogen-bond donors (Lipinski definition) is 0. The summed E-state index contributed by atoms with van der Waals surface area (Å²) in [5.74, 6) is 0.589. The first-order chi connectivity index (χ1) is 10.6. The summed E-state index contributed by atoms with van der Waals surface area (Å²) in [4.78, 5) is 15.4. The van der Waals surface area contributed by atoms with E-state index < -0.39 is 21.1 Å². The maximum absolute atomic E-state index is 11.1. The molecule has 1 rings (SSSR count). The van der Waals surface area contributed by atoms with Crippen molar-refractivity contribution >= 4 is 31.1 Å². The summed E-state index contributed by atoms with van der Waals surface area (Å²) in [6, 6.07) is 0.